The topological polar surface area (TPSA) is 104 Å². The van der Waals surface area contributed by atoms with Crippen LogP contribution in [0.2, 0.25) is 0 Å². The molecule has 3 aromatic carbocycles. The van der Waals surface area contributed by atoms with Gasteiger partial charge in [-0.05, 0) is 35.9 Å². The highest BCUT2D eigenvalue weighted by Gasteiger charge is 2.36. The molecule has 0 aliphatic carbocycles. The highest BCUT2D eigenvalue weighted by Crippen LogP contribution is 2.34. The first kappa shape index (κ1) is 27.6. The van der Waals surface area contributed by atoms with E-state index in [0.717, 1.165) is 30.3 Å². The van der Waals surface area contributed by atoms with Crippen LogP contribution in [0.3, 0.4) is 0 Å². The van der Waals surface area contributed by atoms with Crippen LogP contribution in [-0.2, 0) is 25.3 Å². The van der Waals surface area contributed by atoms with E-state index in [1.807, 2.05) is 0 Å². The number of halogens is 6. The lowest BCUT2D eigenvalue weighted by atomic mass is 10.1. The molecular weight excluding hydrogens is 528 g/mol. The molecule has 13 heteroatoms. The van der Waals surface area contributed by atoms with E-state index in [2.05, 4.69) is 15.3 Å². The van der Waals surface area contributed by atoms with Gasteiger partial charge in [0.2, 0.25) is 0 Å². The predicted molar refractivity (Wildman–Crippen MR) is 131 cm³/mol. The van der Waals surface area contributed by atoms with E-state index in [4.69, 9.17) is 5.84 Å². The second-order valence-corrected chi connectivity index (χ2v) is 8.48. The van der Waals surface area contributed by atoms with Gasteiger partial charge >= 0.3 is 12.4 Å². The average molecular weight is 549 g/mol. The monoisotopic (exact) mass is 549 g/mol. The minimum absolute atomic E-state index is 0.142. The molecule has 1 aromatic heterocycles. The fraction of sp³-hybridized carbons (Fsp3) is 0.192. The molecule has 7 nitrogen and oxygen atoms in total. The van der Waals surface area contributed by atoms with Crippen LogP contribution in [0.1, 0.15) is 50.2 Å². The van der Waals surface area contributed by atoms with Gasteiger partial charge in [-0.25, -0.2) is 15.8 Å². The first-order valence-corrected chi connectivity index (χ1v) is 11.5. The van der Waals surface area contributed by atoms with Gasteiger partial charge in [-0.3, -0.25) is 9.59 Å². The van der Waals surface area contributed by atoms with Crippen LogP contribution in [0.4, 0.5) is 32.0 Å². The van der Waals surface area contributed by atoms with Gasteiger partial charge in [0, 0.05) is 13.0 Å². The lowest BCUT2D eigenvalue weighted by Gasteiger charge is -2.20. The molecule has 4 N–H and O–H groups in total. The molecule has 0 saturated heterocycles. The molecule has 4 rings (SSSR count). The highest BCUT2D eigenvalue weighted by molar-refractivity contribution is 6.10. The van der Waals surface area contributed by atoms with Crippen molar-refractivity contribution in [1.82, 2.24) is 15.3 Å². The maximum atomic E-state index is 13.5. The number of fused-ring (bicyclic) bond motifs is 1. The highest BCUT2D eigenvalue weighted by atomic mass is 19.4. The number of carbonyl (C=O) groups is 2. The van der Waals surface area contributed by atoms with E-state index in [1.54, 1.807) is 6.92 Å². The van der Waals surface area contributed by atoms with Crippen molar-refractivity contribution in [3.05, 3.63) is 94.3 Å². The smallest absolute Gasteiger partial charge is 0.348 e. The fourth-order valence-corrected chi connectivity index (χ4v) is 4.02. The third kappa shape index (κ3) is 5.72. The third-order valence-corrected chi connectivity index (χ3v) is 5.92. The number of rotatable bonds is 6. The zero-order valence-corrected chi connectivity index (χ0v) is 20.2. The summed E-state index contributed by atoms with van der Waals surface area (Å²) in [5.41, 5.74) is -2.89. The number of aromatic amines is 1. The standard InChI is InChI=1S/C26H21F6N5O2/c1-2-21-35-20-12-15(37(33)24(39)16-8-4-6-10-19(16)26(30,31)32)11-17(22(20)36-21)23(38)34-13-14-7-3-5-9-18(14)25(27,28)29/h3-12H,2,13,33H2,1H3,(H,34,38)(H,35,36). The lowest BCUT2D eigenvalue weighted by Crippen LogP contribution is -2.38. The maximum Gasteiger partial charge on any atom is 0.417 e. The second kappa shape index (κ2) is 10.4. The fourth-order valence-electron chi connectivity index (χ4n) is 4.02. The van der Waals surface area contributed by atoms with Crippen molar-refractivity contribution >= 4 is 28.5 Å². The summed E-state index contributed by atoms with van der Waals surface area (Å²) >= 11 is 0. The largest absolute Gasteiger partial charge is 0.417 e. The summed E-state index contributed by atoms with van der Waals surface area (Å²) in [4.78, 5) is 33.4. The van der Waals surface area contributed by atoms with Crippen molar-refractivity contribution < 1.29 is 35.9 Å². The SMILES string of the molecule is CCc1nc2c(C(=O)NCc3ccccc3C(F)(F)F)cc(N(N)C(=O)c3ccccc3C(F)(F)F)cc2[nH]1. The molecule has 0 unspecified atom stereocenters. The Labute approximate surface area is 217 Å². The Balaban J connectivity index is 1.71. The molecule has 39 heavy (non-hydrogen) atoms. The molecule has 0 aliphatic heterocycles. The summed E-state index contributed by atoms with van der Waals surface area (Å²) < 4.78 is 80.5. The zero-order valence-electron chi connectivity index (χ0n) is 20.2. The van der Waals surface area contributed by atoms with Gasteiger partial charge in [0.25, 0.3) is 11.8 Å². The van der Waals surface area contributed by atoms with E-state index >= 15 is 0 Å². The molecule has 0 fully saturated rings. The summed E-state index contributed by atoms with van der Waals surface area (Å²) in [6.07, 6.45) is -9.04. The molecule has 1 heterocycles. The summed E-state index contributed by atoms with van der Waals surface area (Å²) in [5, 5.41) is 2.88. The lowest BCUT2D eigenvalue weighted by molar-refractivity contribution is -0.138. The number of hydrogen-bond donors (Lipinski definition) is 3. The molecule has 0 spiro atoms. The molecule has 0 bridgehead atoms. The minimum Gasteiger partial charge on any atom is -0.348 e. The van der Waals surface area contributed by atoms with Crippen molar-refractivity contribution in [3.63, 3.8) is 0 Å². The Kier molecular flexibility index (Phi) is 7.37. The third-order valence-electron chi connectivity index (χ3n) is 5.92. The number of benzene rings is 3. The van der Waals surface area contributed by atoms with Crippen molar-refractivity contribution in [3.8, 4) is 0 Å². The number of hydrogen-bond acceptors (Lipinski definition) is 4. The van der Waals surface area contributed by atoms with Gasteiger partial charge in [-0.15, -0.1) is 0 Å². The molecule has 0 radical (unpaired) electrons. The number of anilines is 1. The second-order valence-electron chi connectivity index (χ2n) is 8.48. The predicted octanol–water partition coefficient (Wildman–Crippen LogP) is 5.61. The van der Waals surface area contributed by atoms with Crippen LogP contribution in [0.25, 0.3) is 11.0 Å². The number of imidazole rings is 1. The Hall–Kier alpha value is -4.39. The average Bonchev–Trinajstić information content (AvgIpc) is 3.33. The van der Waals surface area contributed by atoms with Crippen molar-refractivity contribution in [2.24, 2.45) is 5.84 Å². The van der Waals surface area contributed by atoms with Crippen molar-refractivity contribution in [1.29, 1.82) is 0 Å². The molecular formula is C26H21F6N5O2. The number of H-pyrrole nitrogens is 1. The van der Waals surface area contributed by atoms with Crippen LogP contribution < -0.4 is 16.2 Å². The Bertz CT molecular complexity index is 1540. The summed E-state index contributed by atoms with van der Waals surface area (Å²) in [6.45, 7) is 1.30. The van der Waals surface area contributed by atoms with Crippen LogP contribution >= 0.6 is 0 Å². The minimum atomic E-state index is -4.83. The van der Waals surface area contributed by atoms with Crippen LogP contribution in [0.5, 0.6) is 0 Å². The van der Waals surface area contributed by atoms with E-state index in [1.165, 1.54) is 30.3 Å². The van der Waals surface area contributed by atoms with Crippen LogP contribution in [0.15, 0.2) is 60.7 Å². The van der Waals surface area contributed by atoms with Gasteiger partial charge < -0.3 is 10.3 Å². The van der Waals surface area contributed by atoms with Crippen LogP contribution in [-0.4, -0.2) is 21.8 Å². The molecule has 204 valence electrons. The first-order valence-electron chi connectivity index (χ1n) is 11.5. The van der Waals surface area contributed by atoms with E-state index in [9.17, 15) is 35.9 Å². The van der Waals surface area contributed by atoms with Gasteiger partial charge in [-0.1, -0.05) is 37.3 Å². The number of alkyl halides is 6. The number of amides is 2. The zero-order chi connectivity index (χ0) is 28.5. The number of hydrazine groups is 1. The van der Waals surface area contributed by atoms with Crippen LogP contribution in [0, 0.1) is 0 Å². The quantitative estimate of drug-likeness (QED) is 0.126. The molecule has 0 aliphatic rings. The first-order chi connectivity index (χ1) is 18.3. The summed E-state index contributed by atoms with van der Waals surface area (Å²) in [6, 6.07) is 11.3. The van der Waals surface area contributed by atoms with Crippen molar-refractivity contribution in [2.75, 3.05) is 5.01 Å². The number of nitrogens with two attached hydrogens (primary N) is 1. The number of nitrogens with zero attached hydrogens (tertiary/aromatic N) is 2. The molecule has 2 amide bonds. The maximum absolute atomic E-state index is 13.5. The number of nitrogens with one attached hydrogen (secondary N) is 2. The molecule has 0 saturated carbocycles. The van der Waals surface area contributed by atoms with Crippen molar-refractivity contribution in [2.45, 2.75) is 32.2 Å². The van der Waals surface area contributed by atoms with E-state index < -0.39 is 47.4 Å². The van der Waals surface area contributed by atoms with Gasteiger partial charge in [0.1, 0.15) is 11.3 Å². The Morgan fingerprint density at radius 2 is 1.54 bits per heavy atom. The van der Waals surface area contributed by atoms with Gasteiger partial charge in [-0.2, -0.15) is 26.3 Å². The number of carbonyl (C=O) groups excluding carboxylic acids is 2. The normalized spacial score (nSPS) is 12.0. The Morgan fingerprint density at radius 3 is 2.18 bits per heavy atom. The molecule has 0 atom stereocenters. The van der Waals surface area contributed by atoms with E-state index in [-0.39, 0.29) is 27.8 Å². The number of aryl methyl sites for hydroxylation is 1. The van der Waals surface area contributed by atoms with E-state index in [0.29, 0.717) is 17.3 Å². The van der Waals surface area contributed by atoms with Gasteiger partial charge in [0.15, 0.2) is 0 Å². The molecule has 4 aromatic rings. The summed E-state index contributed by atoms with van der Waals surface area (Å²) in [7, 11) is 0. The summed E-state index contributed by atoms with van der Waals surface area (Å²) in [5.74, 6) is 4.37. The van der Waals surface area contributed by atoms with Gasteiger partial charge in [0.05, 0.1) is 33.5 Å². The number of aromatic nitrogens is 2. The Morgan fingerprint density at radius 1 is 0.923 bits per heavy atom.